The van der Waals surface area contributed by atoms with Crippen LogP contribution in [-0.2, 0) is 15.3 Å². The van der Waals surface area contributed by atoms with Crippen molar-refractivity contribution in [3.8, 4) is 10.4 Å². The molecular formula is C29H31N2O4PS. The number of amides is 1. The summed E-state index contributed by atoms with van der Waals surface area (Å²) in [5.41, 5.74) is 8.46. The zero-order valence-corrected chi connectivity index (χ0v) is 22.6. The van der Waals surface area contributed by atoms with E-state index in [1.54, 1.807) is 67.6 Å². The summed E-state index contributed by atoms with van der Waals surface area (Å²) in [6.07, 6.45) is 0.542. The van der Waals surface area contributed by atoms with Gasteiger partial charge in [-0.3, -0.25) is 9.36 Å². The highest BCUT2D eigenvalue weighted by Crippen LogP contribution is 2.49. The van der Waals surface area contributed by atoms with Gasteiger partial charge in [0.15, 0.2) is 0 Å². The lowest BCUT2D eigenvalue weighted by Crippen LogP contribution is -2.21. The Bertz CT molecular complexity index is 1380. The van der Waals surface area contributed by atoms with Gasteiger partial charge in [0.05, 0.1) is 29.7 Å². The SMILES string of the molecule is CC(C)(O)CCOP(=O)(Cc1ccc(C(=O)Nc2cc(-c3cccs3)ccc2N)cc1)c1ccccc1. The number of nitrogens with two attached hydrogens (primary N) is 1. The van der Waals surface area contributed by atoms with Crippen molar-refractivity contribution >= 4 is 41.3 Å². The molecule has 0 aliphatic rings. The smallest absolute Gasteiger partial charge is 0.255 e. The van der Waals surface area contributed by atoms with E-state index in [9.17, 15) is 14.5 Å². The third-order valence-corrected chi connectivity index (χ3v) is 9.26. The minimum absolute atomic E-state index is 0.169. The maximum atomic E-state index is 13.9. The number of thiophene rings is 1. The fourth-order valence-corrected chi connectivity index (χ4v) is 6.62. The topological polar surface area (TPSA) is 102 Å². The van der Waals surface area contributed by atoms with Gasteiger partial charge in [0.25, 0.3) is 5.91 Å². The zero-order valence-electron chi connectivity index (χ0n) is 20.9. The van der Waals surface area contributed by atoms with E-state index in [1.165, 1.54) is 0 Å². The highest BCUT2D eigenvalue weighted by molar-refractivity contribution is 7.66. The number of hydrogen-bond acceptors (Lipinski definition) is 6. The molecule has 0 aliphatic carbocycles. The summed E-state index contributed by atoms with van der Waals surface area (Å²) in [5.74, 6) is -0.283. The van der Waals surface area contributed by atoms with Crippen LogP contribution in [0.15, 0.2) is 90.3 Å². The summed E-state index contributed by atoms with van der Waals surface area (Å²) in [7, 11) is -3.24. The second kappa shape index (κ2) is 11.4. The van der Waals surface area contributed by atoms with Crippen molar-refractivity contribution in [2.75, 3.05) is 17.7 Å². The van der Waals surface area contributed by atoms with Crippen molar-refractivity contribution in [1.82, 2.24) is 0 Å². The van der Waals surface area contributed by atoms with Crippen LogP contribution in [-0.4, -0.2) is 23.2 Å². The molecule has 6 nitrogen and oxygen atoms in total. The number of carbonyl (C=O) groups is 1. The summed E-state index contributed by atoms with van der Waals surface area (Å²) in [6.45, 7) is 3.56. The van der Waals surface area contributed by atoms with Crippen LogP contribution in [0.1, 0.15) is 36.2 Å². The molecule has 1 atom stereocenters. The van der Waals surface area contributed by atoms with Gasteiger partial charge in [0, 0.05) is 15.7 Å². The first-order chi connectivity index (χ1) is 17.6. The average Bonchev–Trinajstić information content (AvgIpc) is 3.41. The van der Waals surface area contributed by atoms with Crippen molar-refractivity contribution in [1.29, 1.82) is 0 Å². The Labute approximate surface area is 221 Å². The Balaban J connectivity index is 1.48. The summed E-state index contributed by atoms with van der Waals surface area (Å²) >= 11 is 1.62. The molecule has 4 aromatic rings. The van der Waals surface area contributed by atoms with Gasteiger partial charge in [0.2, 0.25) is 7.37 Å². The lowest BCUT2D eigenvalue weighted by molar-refractivity contribution is 0.0561. The molecule has 1 aromatic heterocycles. The summed E-state index contributed by atoms with van der Waals surface area (Å²) in [4.78, 5) is 14.0. The number of hydrogen-bond donors (Lipinski definition) is 3. The summed E-state index contributed by atoms with van der Waals surface area (Å²) in [6, 6.07) is 25.7. The Hall–Kier alpha value is -3.22. The largest absolute Gasteiger partial charge is 0.397 e. The van der Waals surface area contributed by atoms with Crippen molar-refractivity contribution in [2.45, 2.75) is 32.0 Å². The van der Waals surface area contributed by atoms with E-state index in [2.05, 4.69) is 5.32 Å². The molecule has 4 N–H and O–H groups in total. The lowest BCUT2D eigenvalue weighted by atomic mass is 10.1. The molecule has 0 saturated carbocycles. The molecule has 1 amide bonds. The Kier molecular flexibility index (Phi) is 8.30. The van der Waals surface area contributed by atoms with E-state index >= 15 is 0 Å². The van der Waals surface area contributed by atoms with E-state index < -0.39 is 13.0 Å². The normalized spacial score (nSPS) is 13.2. The van der Waals surface area contributed by atoms with Gasteiger partial charge in [-0.15, -0.1) is 11.3 Å². The monoisotopic (exact) mass is 534 g/mol. The van der Waals surface area contributed by atoms with Crippen molar-refractivity contribution in [3.63, 3.8) is 0 Å². The van der Waals surface area contributed by atoms with Crippen LogP contribution in [0, 0.1) is 0 Å². The fraction of sp³-hybridized carbons (Fsp3) is 0.207. The summed E-state index contributed by atoms with van der Waals surface area (Å²) < 4.78 is 19.8. The molecular weight excluding hydrogens is 503 g/mol. The Morgan fingerprint density at radius 1 is 1.03 bits per heavy atom. The highest BCUT2D eigenvalue weighted by atomic mass is 32.1. The third-order valence-electron chi connectivity index (χ3n) is 5.88. The molecule has 1 heterocycles. The van der Waals surface area contributed by atoms with Crippen LogP contribution in [0.2, 0.25) is 0 Å². The van der Waals surface area contributed by atoms with Crippen LogP contribution >= 0.6 is 18.7 Å². The van der Waals surface area contributed by atoms with Crippen LogP contribution < -0.4 is 16.4 Å². The number of aliphatic hydroxyl groups is 1. The molecule has 0 aliphatic heterocycles. The molecule has 8 heteroatoms. The predicted octanol–water partition coefficient (Wildman–Crippen LogP) is 6.53. The summed E-state index contributed by atoms with van der Waals surface area (Å²) in [5, 5.41) is 15.6. The number of carbonyl (C=O) groups excluding carboxylic acids is 1. The van der Waals surface area contributed by atoms with Crippen LogP contribution in [0.25, 0.3) is 10.4 Å². The van der Waals surface area contributed by atoms with Gasteiger partial charge in [-0.2, -0.15) is 0 Å². The number of benzene rings is 3. The maximum Gasteiger partial charge on any atom is 0.255 e. The van der Waals surface area contributed by atoms with Crippen molar-refractivity contribution < 1.29 is 19.0 Å². The van der Waals surface area contributed by atoms with E-state index in [0.717, 1.165) is 16.0 Å². The van der Waals surface area contributed by atoms with Crippen molar-refractivity contribution in [3.05, 3.63) is 101 Å². The average molecular weight is 535 g/mol. The molecule has 3 aromatic carbocycles. The number of rotatable bonds is 10. The van der Waals surface area contributed by atoms with Gasteiger partial charge in [-0.05, 0) is 79.2 Å². The molecule has 0 spiro atoms. The van der Waals surface area contributed by atoms with Gasteiger partial charge >= 0.3 is 0 Å². The van der Waals surface area contributed by atoms with Crippen LogP contribution in [0.5, 0.6) is 0 Å². The zero-order chi connectivity index (χ0) is 26.5. The first-order valence-corrected chi connectivity index (χ1v) is 14.7. The van der Waals surface area contributed by atoms with E-state index in [4.69, 9.17) is 10.3 Å². The highest BCUT2D eigenvalue weighted by Gasteiger charge is 2.27. The molecule has 37 heavy (non-hydrogen) atoms. The molecule has 0 radical (unpaired) electrons. The van der Waals surface area contributed by atoms with Gasteiger partial charge < -0.3 is 20.7 Å². The number of anilines is 2. The number of nitrogen functional groups attached to an aromatic ring is 1. The second-order valence-electron chi connectivity index (χ2n) is 9.49. The van der Waals surface area contributed by atoms with Crippen LogP contribution in [0.3, 0.4) is 0 Å². The molecule has 0 bridgehead atoms. The Morgan fingerprint density at radius 2 is 1.76 bits per heavy atom. The minimum Gasteiger partial charge on any atom is -0.397 e. The van der Waals surface area contributed by atoms with Gasteiger partial charge in [0.1, 0.15) is 0 Å². The van der Waals surface area contributed by atoms with Crippen molar-refractivity contribution in [2.24, 2.45) is 0 Å². The number of nitrogens with one attached hydrogen (secondary N) is 1. The molecule has 192 valence electrons. The lowest BCUT2D eigenvalue weighted by Gasteiger charge is -2.22. The van der Waals surface area contributed by atoms with E-state index in [0.29, 0.717) is 28.7 Å². The Morgan fingerprint density at radius 3 is 2.41 bits per heavy atom. The molecule has 0 fully saturated rings. The predicted molar refractivity (Wildman–Crippen MR) is 153 cm³/mol. The molecule has 1 unspecified atom stereocenters. The standard InChI is InChI=1S/C29H31N2O4PS/c1-29(2,33)16-17-35-36(34,24-7-4-3-5-8-24)20-21-10-12-22(13-11-21)28(32)31-26-19-23(14-15-25(26)30)27-9-6-18-37-27/h3-15,18-19,33H,16-17,20,30H2,1-2H3,(H,31,32). The van der Waals surface area contributed by atoms with Gasteiger partial charge in [-0.1, -0.05) is 42.5 Å². The van der Waals surface area contributed by atoms with E-state index in [-0.39, 0.29) is 18.7 Å². The van der Waals surface area contributed by atoms with Crippen LogP contribution in [0.4, 0.5) is 11.4 Å². The third kappa shape index (κ3) is 7.18. The van der Waals surface area contributed by atoms with E-state index in [1.807, 2.05) is 47.8 Å². The second-order valence-corrected chi connectivity index (χ2v) is 12.9. The fourth-order valence-electron chi connectivity index (χ4n) is 3.77. The quantitative estimate of drug-likeness (QED) is 0.159. The van der Waals surface area contributed by atoms with Gasteiger partial charge in [-0.25, -0.2) is 0 Å². The first-order valence-electron chi connectivity index (χ1n) is 12.0. The maximum absolute atomic E-state index is 13.9. The first kappa shape index (κ1) is 26.8. The minimum atomic E-state index is -3.24. The molecule has 0 saturated heterocycles. The molecule has 4 rings (SSSR count).